The first-order chi connectivity index (χ1) is 14.1. The lowest BCUT2D eigenvalue weighted by Gasteiger charge is -2.38. The molecule has 1 fully saturated rings. The first-order valence-electron chi connectivity index (χ1n) is 10.1. The molecule has 3 rings (SSSR count). The highest BCUT2D eigenvalue weighted by Gasteiger charge is 2.31. The van der Waals surface area contributed by atoms with Crippen molar-refractivity contribution in [1.82, 2.24) is 10.2 Å². The van der Waals surface area contributed by atoms with Gasteiger partial charge >= 0.3 is 6.03 Å². The molecule has 7 heteroatoms. The SMILES string of the molecule is CC[C@H]1CN(C(=O)Nc2cccc(OC)c2)CC[C@H]1CC(=O)NCc1cccs1. The van der Waals surface area contributed by atoms with E-state index in [4.69, 9.17) is 4.74 Å². The third-order valence-electron chi connectivity index (χ3n) is 5.51. The number of benzene rings is 1. The Balaban J connectivity index is 1.50. The Bertz CT molecular complexity index is 809. The van der Waals surface area contributed by atoms with Crippen LogP contribution in [0, 0.1) is 11.8 Å². The number of rotatable bonds is 7. The zero-order chi connectivity index (χ0) is 20.6. The summed E-state index contributed by atoms with van der Waals surface area (Å²) in [7, 11) is 1.61. The largest absolute Gasteiger partial charge is 0.497 e. The molecule has 0 unspecified atom stereocenters. The van der Waals surface area contributed by atoms with Gasteiger partial charge in [0.05, 0.1) is 13.7 Å². The van der Waals surface area contributed by atoms with Crippen LogP contribution in [0.2, 0.25) is 0 Å². The number of methoxy groups -OCH3 is 1. The summed E-state index contributed by atoms with van der Waals surface area (Å²) in [6.07, 6.45) is 2.32. The molecular weight excluding hydrogens is 386 g/mol. The fourth-order valence-electron chi connectivity index (χ4n) is 3.81. The number of hydrogen-bond donors (Lipinski definition) is 2. The monoisotopic (exact) mass is 415 g/mol. The molecule has 0 bridgehead atoms. The molecule has 1 aliphatic rings. The Morgan fingerprint density at radius 2 is 2.10 bits per heavy atom. The number of urea groups is 1. The number of amides is 3. The van der Waals surface area contributed by atoms with Gasteiger partial charge < -0.3 is 20.3 Å². The van der Waals surface area contributed by atoms with Crippen LogP contribution in [0.25, 0.3) is 0 Å². The highest BCUT2D eigenvalue weighted by molar-refractivity contribution is 7.09. The molecule has 2 aromatic rings. The quantitative estimate of drug-likeness (QED) is 0.707. The molecule has 0 radical (unpaired) electrons. The highest BCUT2D eigenvalue weighted by Crippen LogP contribution is 2.29. The highest BCUT2D eigenvalue weighted by atomic mass is 32.1. The summed E-state index contributed by atoms with van der Waals surface area (Å²) in [5.74, 6) is 1.44. The number of hydrogen-bond acceptors (Lipinski definition) is 4. The molecule has 0 aliphatic carbocycles. The van der Waals surface area contributed by atoms with Crippen LogP contribution in [-0.2, 0) is 11.3 Å². The molecular formula is C22H29N3O3S. The number of nitrogens with zero attached hydrogens (tertiary/aromatic N) is 1. The van der Waals surface area contributed by atoms with E-state index in [0.29, 0.717) is 43.6 Å². The van der Waals surface area contributed by atoms with Crippen molar-refractivity contribution in [2.75, 3.05) is 25.5 Å². The van der Waals surface area contributed by atoms with E-state index in [-0.39, 0.29) is 11.9 Å². The Morgan fingerprint density at radius 1 is 1.24 bits per heavy atom. The molecule has 156 valence electrons. The average molecular weight is 416 g/mol. The summed E-state index contributed by atoms with van der Waals surface area (Å²) < 4.78 is 5.21. The number of thiophene rings is 1. The van der Waals surface area contributed by atoms with Crippen molar-refractivity contribution in [3.8, 4) is 5.75 Å². The fourth-order valence-corrected chi connectivity index (χ4v) is 4.45. The van der Waals surface area contributed by atoms with Gasteiger partial charge in [0.25, 0.3) is 0 Å². The maximum Gasteiger partial charge on any atom is 0.321 e. The van der Waals surface area contributed by atoms with E-state index in [2.05, 4.69) is 17.6 Å². The molecule has 2 atom stereocenters. The third-order valence-corrected chi connectivity index (χ3v) is 6.39. The summed E-state index contributed by atoms with van der Waals surface area (Å²) in [6, 6.07) is 11.3. The summed E-state index contributed by atoms with van der Waals surface area (Å²) in [6.45, 7) is 4.06. The fraction of sp³-hybridized carbons (Fsp3) is 0.455. The Morgan fingerprint density at radius 3 is 2.83 bits per heavy atom. The average Bonchev–Trinajstić information content (AvgIpc) is 3.26. The number of carbonyl (C=O) groups is 2. The number of likely N-dealkylation sites (tertiary alicyclic amines) is 1. The molecule has 1 aromatic heterocycles. The van der Waals surface area contributed by atoms with Gasteiger partial charge in [0.15, 0.2) is 0 Å². The van der Waals surface area contributed by atoms with E-state index < -0.39 is 0 Å². The van der Waals surface area contributed by atoms with Gasteiger partial charge in [-0.2, -0.15) is 0 Å². The van der Waals surface area contributed by atoms with Crippen LogP contribution in [-0.4, -0.2) is 37.0 Å². The first-order valence-corrected chi connectivity index (χ1v) is 11.0. The maximum atomic E-state index is 12.7. The Labute approximate surface area is 176 Å². The van der Waals surface area contributed by atoms with Gasteiger partial charge in [-0.15, -0.1) is 11.3 Å². The first kappa shape index (κ1) is 21.2. The Hall–Kier alpha value is -2.54. The topological polar surface area (TPSA) is 70.7 Å². The van der Waals surface area contributed by atoms with E-state index in [0.717, 1.165) is 23.4 Å². The van der Waals surface area contributed by atoms with E-state index in [9.17, 15) is 9.59 Å². The molecule has 6 nitrogen and oxygen atoms in total. The van der Waals surface area contributed by atoms with Crippen molar-refractivity contribution in [2.24, 2.45) is 11.8 Å². The van der Waals surface area contributed by atoms with Gasteiger partial charge in [0.2, 0.25) is 5.91 Å². The molecule has 1 aromatic carbocycles. The maximum absolute atomic E-state index is 12.7. The minimum atomic E-state index is -0.0997. The molecule has 0 spiro atoms. The zero-order valence-corrected chi connectivity index (χ0v) is 17.8. The lowest BCUT2D eigenvalue weighted by atomic mass is 9.81. The second-order valence-electron chi connectivity index (χ2n) is 7.39. The molecule has 0 saturated carbocycles. The van der Waals surface area contributed by atoms with Crippen LogP contribution in [0.4, 0.5) is 10.5 Å². The number of ether oxygens (including phenoxy) is 1. The minimum Gasteiger partial charge on any atom is -0.497 e. The van der Waals surface area contributed by atoms with Gasteiger partial charge in [0, 0.05) is 36.1 Å². The van der Waals surface area contributed by atoms with Crippen molar-refractivity contribution in [3.63, 3.8) is 0 Å². The smallest absolute Gasteiger partial charge is 0.321 e. The van der Waals surface area contributed by atoms with Crippen LogP contribution in [0.5, 0.6) is 5.75 Å². The molecule has 2 heterocycles. The number of anilines is 1. The van der Waals surface area contributed by atoms with Gasteiger partial charge in [-0.25, -0.2) is 4.79 Å². The normalized spacial score (nSPS) is 18.9. The minimum absolute atomic E-state index is 0.0936. The van der Waals surface area contributed by atoms with Gasteiger partial charge in [-0.1, -0.05) is 25.5 Å². The zero-order valence-electron chi connectivity index (χ0n) is 17.0. The van der Waals surface area contributed by atoms with Crippen molar-refractivity contribution in [2.45, 2.75) is 32.7 Å². The van der Waals surface area contributed by atoms with E-state index >= 15 is 0 Å². The molecule has 1 saturated heterocycles. The predicted octanol–water partition coefficient (Wildman–Crippen LogP) is 4.34. The lowest BCUT2D eigenvalue weighted by molar-refractivity contribution is -0.123. The summed E-state index contributed by atoms with van der Waals surface area (Å²) in [4.78, 5) is 28.1. The van der Waals surface area contributed by atoms with Crippen molar-refractivity contribution in [3.05, 3.63) is 46.7 Å². The van der Waals surface area contributed by atoms with Crippen molar-refractivity contribution < 1.29 is 14.3 Å². The van der Waals surface area contributed by atoms with Crippen molar-refractivity contribution in [1.29, 1.82) is 0 Å². The van der Waals surface area contributed by atoms with Crippen LogP contribution in [0.15, 0.2) is 41.8 Å². The molecule has 2 N–H and O–H groups in total. The summed E-state index contributed by atoms with van der Waals surface area (Å²) >= 11 is 1.65. The third kappa shape index (κ3) is 5.97. The number of piperidine rings is 1. The van der Waals surface area contributed by atoms with Crippen LogP contribution in [0.1, 0.15) is 31.1 Å². The van der Waals surface area contributed by atoms with Crippen molar-refractivity contribution >= 4 is 29.0 Å². The van der Waals surface area contributed by atoms with Crippen LogP contribution < -0.4 is 15.4 Å². The van der Waals surface area contributed by atoms with Gasteiger partial charge in [-0.05, 0) is 41.8 Å². The van der Waals surface area contributed by atoms with Crippen LogP contribution in [0.3, 0.4) is 0 Å². The van der Waals surface area contributed by atoms with E-state index in [1.807, 2.05) is 40.6 Å². The number of nitrogens with one attached hydrogen (secondary N) is 2. The molecule has 1 aliphatic heterocycles. The van der Waals surface area contributed by atoms with E-state index in [1.165, 1.54) is 0 Å². The van der Waals surface area contributed by atoms with Crippen LogP contribution >= 0.6 is 11.3 Å². The predicted molar refractivity (Wildman–Crippen MR) is 116 cm³/mol. The van der Waals surface area contributed by atoms with E-state index in [1.54, 1.807) is 24.5 Å². The molecule has 29 heavy (non-hydrogen) atoms. The Kier molecular flexibility index (Phi) is 7.52. The van der Waals surface area contributed by atoms with Gasteiger partial charge in [-0.3, -0.25) is 4.79 Å². The number of carbonyl (C=O) groups excluding carboxylic acids is 2. The molecule has 3 amide bonds. The summed E-state index contributed by atoms with van der Waals surface area (Å²) in [5.41, 5.74) is 0.720. The lowest BCUT2D eigenvalue weighted by Crippen LogP contribution is -2.46. The second-order valence-corrected chi connectivity index (χ2v) is 8.42. The summed E-state index contributed by atoms with van der Waals surface area (Å²) in [5, 5.41) is 7.99. The second kappa shape index (κ2) is 10.3. The van der Waals surface area contributed by atoms with Gasteiger partial charge in [0.1, 0.15) is 5.75 Å². The standard InChI is InChI=1S/C22H29N3O3S/c1-3-16-15-25(22(27)24-18-6-4-7-19(13-18)28-2)10-9-17(16)12-21(26)23-14-20-8-5-11-29-20/h4-8,11,13,16-17H,3,9-10,12,14-15H2,1-2H3,(H,23,26)(H,24,27)/t16-,17-/m0/s1.